The van der Waals surface area contributed by atoms with Crippen LogP contribution in [0.25, 0.3) is 0 Å². The second kappa shape index (κ2) is 4.10. The number of benzene rings is 1. The molecule has 0 heterocycles. The van der Waals surface area contributed by atoms with Gasteiger partial charge in [0.15, 0.2) is 0 Å². The van der Waals surface area contributed by atoms with Crippen molar-refractivity contribution in [1.29, 1.82) is 0 Å². The Morgan fingerprint density at radius 1 is 1.50 bits per heavy atom. The molecule has 0 aromatic heterocycles. The molecule has 0 aliphatic rings. The molecule has 0 N–H and O–H groups in total. The molecule has 0 nitrogen and oxygen atoms in total. The lowest BCUT2D eigenvalue weighted by Gasteiger charge is -2.05. The summed E-state index contributed by atoms with van der Waals surface area (Å²) >= 11 is 0. The molecule has 12 heavy (non-hydrogen) atoms. The average Bonchev–Trinajstić information content (AvgIpc) is 2.04. The molecule has 0 saturated heterocycles. The largest absolute Gasteiger partial charge is 0.103 e. The maximum absolute atomic E-state index is 3.78. The van der Waals surface area contributed by atoms with Crippen LogP contribution in [-0.2, 0) is 6.42 Å². The quantitative estimate of drug-likeness (QED) is 0.595. The van der Waals surface area contributed by atoms with Gasteiger partial charge in [-0.25, -0.2) is 0 Å². The van der Waals surface area contributed by atoms with Crippen LogP contribution in [0.15, 0.2) is 36.9 Å². The van der Waals surface area contributed by atoms with E-state index in [1.54, 1.807) is 0 Å². The van der Waals surface area contributed by atoms with Gasteiger partial charge in [-0.2, -0.15) is 0 Å². The van der Waals surface area contributed by atoms with Crippen molar-refractivity contribution in [2.24, 2.45) is 5.92 Å². The van der Waals surface area contributed by atoms with Crippen LogP contribution in [0.3, 0.4) is 0 Å². The number of rotatable bonds is 3. The van der Waals surface area contributed by atoms with Gasteiger partial charge in [0.2, 0.25) is 0 Å². The van der Waals surface area contributed by atoms with Gasteiger partial charge >= 0.3 is 0 Å². The molecular formula is C12H16. The van der Waals surface area contributed by atoms with Gasteiger partial charge in [-0.1, -0.05) is 42.8 Å². The van der Waals surface area contributed by atoms with Gasteiger partial charge in [0, 0.05) is 0 Å². The molecule has 0 heteroatoms. The SMILES string of the molecule is C=C[C@H](C)Cc1cccc(C)c1. The van der Waals surface area contributed by atoms with Crippen molar-refractivity contribution < 1.29 is 0 Å². The van der Waals surface area contributed by atoms with Gasteiger partial charge in [-0.05, 0) is 24.8 Å². The van der Waals surface area contributed by atoms with Crippen LogP contribution in [-0.4, -0.2) is 0 Å². The third-order valence-corrected chi connectivity index (χ3v) is 2.04. The Kier molecular flexibility index (Phi) is 3.09. The first-order chi connectivity index (χ1) is 5.72. The normalized spacial score (nSPS) is 12.5. The van der Waals surface area contributed by atoms with E-state index in [0.717, 1.165) is 6.42 Å². The molecule has 0 bridgehead atoms. The van der Waals surface area contributed by atoms with Crippen molar-refractivity contribution in [2.45, 2.75) is 20.3 Å². The highest BCUT2D eigenvalue weighted by Crippen LogP contribution is 2.10. The van der Waals surface area contributed by atoms with E-state index >= 15 is 0 Å². The standard InChI is InChI=1S/C12H16/c1-4-10(2)8-12-7-5-6-11(3)9-12/h4-7,9-10H,1,8H2,2-3H3/t10-/m0/s1. The zero-order valence-corrected chi connectivity index (χ0v) is 7.88. The first-order valence-electron chi connectivity index (χ1n) is 4.40. The highest BCUT2D eigenvalue weighted by Gasteiger charge is 1.98. The zero-order chi connectivity index (χ0) is 8.97. The van der Waals surface area contributed by atoms with Crippen molar-refractivity contribution in [2.75, 3.05) is 0 Å². The summed E-state index contributed by atoms with van der Waals surface area (Å²) in [7, 11) is 0. The fourth-order valence-corrected chi connectivity index (χ4v) is 1.29. The summed E-state index contributed by atoms with van der Waals surface area (Å²) in [5.41, 5.74) is 2.74. The Morgan fingerprint density at radius 2 is 2.25 bits per heavy atom. The first kappa shape index (κ1) is 9.05. The van der Waals surface area contributed by atoms with E-state index in [2.05, 4.69) is 44.7 Å². The zero-order valence-electron chi connectivity index (χ0n) is 7.88. The highest BCUT2D eigenvalue weighted by molar-refractivity contribution is 5.22. The lowest BCUT2D eigenvalue weighted by atomic mass is 10.0. The molecule has 1 aromatic carbocycles. The molecule has 0 amide bonds. The number of aryl methyl sites for hydroxylation is 1. The summed E-state index contributed by atoms with van der Waals surface area (Å²) in [5.74, 6) is 0.576. The highest BCUT2D eigenvalue weighted by atomic mass is 14.0. The van der Waals surface area contributed by atoms with E-state index in [0.29, 0.717) is 5.92 Å². The molecule has 1 aromatic rings. The van der Waals surface area contributed by atoms with Crippen LogP contribution in [0.1, 0.15) is 18.1 Å². The fourth-order valence-electron chi connectivity index (χ4n) is 1.29. The molecule has 0 aliphatic heterocycles. The lowest BCUT2D eigenvalue weighted by Crippen LogP contribution is -1.95. The molecule has 1 rings (SSSR count). The smallest absolute Gasteiger partial charge is 0.0218 e. The Balaban J connectivity index is 2.69. The Hall–Kier alpha value is -1.04. The number of hydrogen-bond donors (Lipinski definition) is 0. The van der Waals surface area contributed by atoms with Crippen LogP contribution in [0.4, 0.5) is 0 Å². The van der Waals surface area contributed by atoms with Crippen molar-refractivity contribution in [3.63, 3.8) is 0 Å². The second-order valence-electron chi connectivity index (χ2n) is 3.41. The summed E-state index contributed by atoms with van der Waals surface area (Å²) in [6.45, 7) is 8.10. The van der Waals surface area contributed by atoms with Gasteiger partial charge in [-0.15, -0.1) is 6.58 Å². The summed E-state index contributed by atoms with van der Waals surface area (Å²) in [6, 6.07) is 8.65. The molecule has 0 radical (unpaired) electrons. The molecule has 0 spiro atoms. The minimum atomic E-state index is 0.576. The predicted molar refractivity (Wildman–Crippen MR) is 54.2 cm³/mol. The molecule has 0 saturated carbocycles. The molecular weight excluding hydrogens is 144 g/mol. The topological polar surface area (TPSA) is 0 Å². The van der Waals surface area contributed by atoms with Crippen LogP contribution in [0, 0.1) is 12.8 Å². The van der Waals surface area contributed by atoms with Crippen molar-refractivity contribution in [3.05, 3.63) is 48.0 Å². The molecule has 0 fully saturated rings. The third-order valence-electron chi connectivity index (χ3n) is 2.04. The second-order valence-corrected chi connectivity index (χ2v) is 3.41. The van der Waals surface area contributed by atoms with Gasteiger partial charge in [0.05, 0.1) is 0 Å². The summed E-state index contributed by atoms with van der Waals surface area (Å²) < 4.78 is 0. The van der Waals surface area contributed by atoms with Gasteiger partial charge in [0.1, 0.15) is 0 Å². The van der Waals surface area contributed by atoms with E-state index in [9.17, 15) is 0 Å². The number of hydrogen-bond acceptors (Lipinski definition) is 0. The van der Waals surface area contributed by atoms with Crippen LogP contribution in [0.2, 0.25) is 0 Å². The van der Waals surface area contributed by atoms with Crippen LogP contribution >= 0.6 is 0 Å². The minimum Gasteiger partial charge on any atom is -0.103 e. The van der Waals surface area contributed by atoms with Crippen molar-refractivity contribution in [1.82, 2.24) is 0 Å². The van der Waals surface area contributed by atoms with Crippen molar-refractivity contribution >= 4 is 0 Å². The van der Waals surface area contributed by atoms with Crippen LogP contribution < -0.4 is 0 Å². The minimum absolute atomic E-state index is 0.576. The molecule has 1 atom stereocenters. The summed E-state index contributed by atoms with van der Waals surface area (Å²) in [4.78, 5) is 0. The average molecular weight is 160 g/mol. The van der Waals surface area contributed by atoms with Gasteiger partial charge in [-0.3, -0.25) is 0 Å². The monoisotopic (exact) mass is 160 g/mol. The summed E-state index contributed by atoms with van der Waals surface area (Å²) in [5, 5.41) is 0. The third kappa shape index (κ3) is 2.54. The van der Waals surface area contributed by atoms with E-state index in [1.165, 1.54) is 11.1 Å². The predicted octanol–water partition coefficient (Wildman–Crippen LogP) is 3.36. The maximum atomic E-state index is 3.78. The van der Waals surface area contributed by atoms with Gasteiger partial charge < -0.3 is 0 Å². The Labute approximate surface area is 74.9 Å². The molecule has 0 unspecified atom stereocenters. The number of allylic oxidation sites excluding steroid dienone is 1. The Bertz CT molecular complexity index is 260. The lowest BCUT2D eigenvalue weighted by molar-refractivity contribution is 0.725. The van der Waals surface area contributed by atoms with E-state index in [4.69, 9.17) is 0 Å². The molecule has 0 aliphatic carbocycles. The van der Waals surface area contributed by atoms with E-state index in [1.807, 2.05) is 6.08 Å². The summed E-state index contributed by atoms with van der Waals surface area (Å²) in [6.07, 6.45) is 3.10. The maximum Gasteiger partial charge on any atom is -0.0218 e. The first-order valence-corrected chi connectivity index (χ1v) is 4.40. The van der Waals surface area contributed by atoms with E-state index in [-0.39, 0.29) is 0 Å². The molecule has 64 valence electrons. The van der Waals surface area contributed by atoms with Crippen molar-refractivity contribution in [3.8, 4) is 0 Å². The Morgan fingerprint density at radius 3 is 2.83 bits per heavy atom. The van der Waals surface area contributed by atoms with E-state index < -0.39 is 0 Å². The van der Waals surface area contributed by atoms with Gasteiger partial charge in [0.25, 0.3) is 0 Å². The van der Waals surface area contributed by atoms with Crippen LogP contribution in [0.5, 0.6) is 0 Å². The fraction of sp³-hybridized carbons (Fsp3) is 0.333.